The number of nitrogens with one attached hydrogen (secondary N) is 1. The van der Waals surface area contributed by atoms with Crippen molar-refractivity contribution in [2.75, 3.05) is 19.6 Å². The Morgan fingerprint density at radius 2 is 2.05 bits per heavy atom. The van der Waals surface area contributed by atoms with E-state index in [1.54, 1.807) is 0 Å². The van der Waals surface area contributed by atoms with Crippen LogP contribution in [-0.4, -0.2) is 36.5 Å². The van der Waals surface area contributed by atoms with Crippen LogP contribution in [0.25, 0.3) is 0 Å². The van der Waals surface area contributed by atoms with E-state index in [0.717, 1.165) is 38.9 Å². The summed E-state index contributed by atoms with van der Waals surface area (Å²) in [6.07, 6.45) is 9.20. The Bertz CT molecular complexity index is 295. The highest BCUT2D eigenvalue weighted by atomic mass is 16.2. The number of piperidine rings is 1. The molecule has 110 valence electrons. The number of rotatable bonds is 3. The van der Waals surface area contributed by atoms with Crippen molar-refractivity contribution < 1.29 is 4.79 Å². The molecule has 0 aromatic rings. The summed E-state index contributed by atoms with van der Waals surface area (Å²) in [5.74, 6) is 0.380. The number of nitrogens with zero attached hydrogens (tertiary/aromatic N) is 1. The lowest BCUT2D eigenvalue weighted by atomic mass is 9.85. The Kier molecular flexibility index (Phi) is 5.26. The van der Waals surface area contributed by atoms with E-state index in [-0.39, 0.29) is 0 Å². The van der Waals surface area contributed by atoms with Gasteiger partial charge in [0.15, 0.2) is 0 Å². The van der Waals surface area contributed by atoms with Crippen LogP contribution in [0.2, 0.25) is 0 Å². The van der Waals surface area contributed by atoms with Crippen LogP contribution < -0.4 is 5.32 Å². The second-order valence-electron chi connectivity index (χ2n) is 7.08. The molecule has 0 spiro atoms. The molecular weight excluding hydrogens is 236 g/mol. The summed E-state index contributed by atoms with van der Waals surface area (Å²) in [6.45, 7) is 7.72. The Balaban J connectivity index is 1.73. The Morgan fingerprint density at radius 1 is 1.21 bits per heavy atom. The third-order valence-electron chi connectivity index (χ3n) is 4.81. The SMILES string of the molecule is CC1(C)CCCN(C(=O)CCC2CCCCN2)CC1. The van der Waals surface area contributed by atoms with Crippen molar-refractivity contribution >= 4 is 5.91 Å². The summed E-state index contributed by atoms with van der Waals surface area (Å²) < 4.78 is 0. The molecule has 2 heterocycles. The van der Waals surface area contributed by atoms with Crippen LogP contribution in [-0.2, 0) is 4.79 Å². The summed E-state index contributed by atoms with van der Waals surface area (Å²) >= 11 is 0. The largest absolute Gasteiger partial charge is 0.343 e. The standard InChI is InChI=1S/C16H30N2O/c1-16(2)9-5-12-18(13-10-16)15(19)8-7-14-6-3-4-11-17-14/h14,17H,3-13H2,1-2H3. The van der Waals surface area contributed by atoms with Crippen LogP contribution >= 0.6 is 0 Å². The molecule has 2 saturated heterocycles. The number of carbonyl (C=O) groups is 1. The van der Waals surface area contributed by atoms with Gasteiger partial charge in [-0.3, -0.25) is 4.79 Å². The molecule has 0 radical (unpaired) electrons. The zero-order chi connectivity index (χ0) is 13.7. The van der Waals surface area contributed by atoms with Gasteiger partial charge in [-0.2, -0.15) is 0 Å². The Hall–Kier alpha value is -0.570. The minimum Gasteiger partial charge on any atom is -0.343 e. The van der Waals surface area contributed by atoms with Gasteiger partial charge in [-0.15, -0.1) is 0 Å². The monoisotopic (exact) mass is 266 g/mol. The van der Waals surface area contributed by atoms with Crippen molar-refractivity contribution in [1.29, 1.82) is 0 Å². The van der Waals surface area contributed by atoms with Crippen LogP contribution in [0.4, 0.5) is 0 Å². The Morgan fingerprint density at radius 3 is 2.79 bits per heavy atom. The van der Waals surface area contributed by atoms with Crippen LogP contribution in [0.15, 0.2) is 0 Å². The van der Waals surface area contributed by atoms with E-state index in [0.29, 0.717) is 17.4 Å². The summed E-state index contributed by atoms with van der Waals surface area (Å²) in [5.41, 5.74) is 0.417. The molecule has 3 heteroatoms. The van der Waals surface area contributed by atoms with Crippen molar-refractivity contribution in [2.45, 2.75) is 71.3 Å². The van der Waals surface area contributed by atoms with Gasteiger partial charge in [-0.05, 0) is 50.5 Å². The summed E-state index contributed by atoms with van der Waals surface area (Å²) in [7, 11) is 0. The minimum absolute atomic E-state index is 0.380. The van der Waals surface area contributed by atoms with Gasteiger partial charge in [0.2, 0.25) is 5.91 Å². The fraction of sp³-hybridized carbons (Fsp3) is 0.938. The molecule has 0 aromatic heterocycles. The van der Waals surface area contributed by atoms with Crippen molar-refractivity contribution in [3.63, 3.8) is 0 Å². The highest BCUT2D eigenvalue weighted by Gasteiger charge is 2.25. The van der Waals surface area contributed by atoms with Crippen molar-refractivity contribution in [3.8, 4) is 0 Å². The molecule has 2 fully saturated rings. The first kappa shape index (κ1) is 14.8. The number of carbonyl (C=O) groups excluding carboxylic acids is 1. The maximum Gasteiger partial charge on any atom is 0.222 e. The molecule has 2 aliphatic heterocycles. The zero-order valence-corrected chi connectivity index (χ0v) is 12.7. The van der Waals surface area contributed by atoms with Gasteiger partial charge in [0.25, 0.3) is 0 Å². The van der Waals surface area contributed by atoms with Crippen molar-refractivity contribution in [3.05, 3.63) is 0 Å². The van der Waals surface area contributed by atoms with Crippen molar-refractivity contribution in [2.24, 2.45) is 5.41 Å². The van der Waals surface area contributed by atoms with E-state index in [9.17, 15) is 4.79 Å². The highest BCUT2D eigenvalue weighted by molar-refractivity contribution is 5.76. The van der Waals surface area contributed by atoms with Crippen LogP contribution in [0.3, 0.4) is 0 Å². The van der Waals surface area contributed by atoms with Gasteiger partial charge >= 0.3 is 0 Å². The van der Waals surface area contributed by atoms with E-state index >= 15 is 0 Å². The first-order valence-electron chi connectivity index (χ1n) is 8.08. The average molecular weight is 266 g/mol. The maximum absolute atomic E-state index is 12.3. The topological polar surface area (TPSA) is 32.3 Å². The number of hydrogen-bond acceptors (Lipinski definition) is 2. The average Bonchev–Trinajstić information content (AvgIpc) is 2.58. The van der Waals surface area contributed by atoms with Crippen molar-refractivity contribution in [1.82, 2.24) is 10.2 Å². The first-order valence-corrected chi connectivity index (χ1v) is 8.08. The van der Waals surface area contributed by atoms with Gasteiger partial charge in [0, 0.05) is 25.6 Å². The number of amides is 1. The zero-order valence-electron chi connectivity index (χ0n) is 12.7. The molecule has 0 aromatic carbocycles. The Labute approximate surface area is 118 Å². The number of likely N-dealkylation sites (tertiary alicyclic amines) is 1. The summed E-state index contributed by atoms with van der Waals surface area (Å²) in [6, 6.07) is 0.584. The van der Waals surface area contributed by atoms with Crippen LogP contribution in [0.1, 0.15) is 65.2 Å². The molecule has 19 heavy (non-hydrogen) atoms. The van der Waals surface area contributed by atoms with E-state index < -0.39 is 0 Å². The molecule has 0 saturated carbocycles. The van der Waals surface area contributed by atoms with E-state index in [1.807, 2.05) is 0 Å². The molecular formula is C16H30N2O. The fourth-order valence-corrected chi connectivity index (χ4v) is 3.30. The van der Waals surface area contributed by atoms with Gasteiger partial charge in [0.05, 0.1) is 0 Å². The van der Waals surface area contributed by atoms with E-state index in [2.05, 4.69) is 24.1 Å². The lowest BCUT2D eigenvalue weighted by Gasteiger charge is -2.26. The molecule has 2 aliphatic rings. The highest BCUT2D eigenvalue weighted by Crippen LogP contribution is 2.30. The molecule has 1 amide bonds. The van der Waals surface area contributed by atoms with Gasteiger partial charge in [0.1, 0.15) is 0 Å². The third kappa shape index (κ3) is 4.79. The molecule has 0 bridgehead atoms. The minimum atomic E-state index is 0.380. The van der Waals surface area contributed by atoms with Gasteiger partial charge in [-0.25, -0.2) is 0 Å². The predicted octanol–water partition coefficient (Wildman–Crippen LogP) is 2.95. The molecule has 1 N–H and O–H groups in total. The van der Waals surface area contributed by atoms with Gasteiger partial charge < -0.3 is 10.2 Å². The second-order valence-corrected chi connectivity index (χ2v) is 7.08. The van der Waals surface area contributed by atoms with E-state index in [1.165, 1.54) is 32.1 Å². The van der Waals surface area contributed by atoms with Crippen LogP contribution in [0.5, 0.6) is 0 Å². The quantitative estimate of drug-likeness (QED) is 0.852. The molecule has 0 aliphatic carbocycles. The molecule has 1 atom stereocenters. The smallest absolute Gasteiger partial charge is 0.222 e. The number of hydrogen-bond donors (Lipinski definition) is 1. The van der Waals surface area contributed by atoms with Crippen LogP contribution in [0, 0.1) is 5.41 Å². The normalized spacial score (nSPS) is 27.9. The van der Waals surface area contributed by atoms with Gasteiger partial charge in [-0.1, -0.05) is 20.3 Å². The van der Waals surface area contributed by atoms with E-state index in [4.69, 9.17) is 0 Å². The first-order chi connectivity index (χ1) is 9.07. The third-order valence-corrected chi connectivity index (χ3v) is 4.81. The summed E-state index contributed by atoms with van der Waals surface area (Å²) in [5, 5.41) is 3.53. The molecule has 1 unspecified atom stereocenters. The lowest BCUT2D eigenvalue weighted by Crippen LogP contribution is -2.37. The lowest BCUT2D eigenvalue weighted by molar-refractivity contribution is -0.131. The fourth-order valence-electron chi connectivity index (χ4n) is 3.30. The molecule has 3 nitrogen and oxygen atoms in total. The summed E-state index contributed by atoms with van der Waals surface area (Å²) in [4.78, 5) is 14.4. The maximum atomic E-state index is 12.3. The molecule has 2 rings (SSSR count). The second kappa shape index (κ2) is 6.74. The predicted molar refractivity (Wildman–Crippen MR) is 79.1 cm³/mol.